The molecule has 156 valence electrons. The number of benzene rings is 2. The van der Waals surface area contributed by atoms with Gasteiger partial charge < -0.3 is 19.3 Å². The summed E-state index contributed by atoms with van der Waals surface area (Å²) in [7, 11) is 0. The van der Waals surface area contributed by atoms with E-state index >= 15 is 0 Å². The zero-order valence-corrected chi connectivity index (χ0v) is 17.2. The van der Waals surface area contributed by atoms with Gasteiger partial charge in [-0.05, 0) is 32.4 Å². The summed E-state index contributed by atoms with van der Waals surface area (Å²) in [5, 5.41) is 6.69. The molecule has 1 N–H and O–H groups in total. The number of rotatable bonds is 8. The Kier molecular flexibility index (Phi) is 6.85. The summed E-state index contributed by atoms with van der Waals surface area (Å²) in [4.78, 5) is 26.0. The lowest BCUT2D eigenvalue weighted by molar-refractivity contribution is -0.125. The Morgan fingerprint density at radius 2 is 1.77 bits per heavy atom. The van der Waals surface area contributed by atoms with Gasteiger partial charge in [-0.2, -0.15) is 0 Å². The van der Waals surface area contributed by atoms with Gasteiger partial charge in [-0.3, -0.25) is 4.79 Å². The number of anilines is 1. The molecule has 7 heteroatoms. The van der Waals surface area contributed by atoms with Gasteiger partial charge in [0.15, 0.2) is 0 Å². The lowest BCUT2D eigenvalue weighted by Gasteiger charge is -2.19. The van der Waals surface area contributed by atoms with Crippen molar-refractivity contribution in [1.82, 2.24) is 5.16 Å². The third kappa shape index (κ3) is 4.68. The maximum Gasteiger partial charge on any atom is 0.344 e. The first-order valence-electron chi connectivity index (χ1n) is 9.78. The minimum Gasteiger partial charge on any atom is -0.492 e. The maximum atomic E-state index is 13.1. The number of nitrogens with one attached hydrogen (secondary N) is 1. The first-order valence-corrected chi connectivity index (χ1v) is 9.78. The molecule has 0 fully saturated rings. The molecule has 0 saturated heterocycles. The molecule has 1 atom stereocenters. The average Bonchev–Trinajstić information content (AvgIpc) is 3.14. The molecule has 0 aliphatic carbocycles. The van der Waals surface area contributed by atoms with Crippen LogP contribution in [0.3, 0.4) is 0 Å². The topological polar surface area (TPSA) is 90.7 Å². The van der Waals surface area contributed by atoms with Crippen LogP contribution in [-0.2, 0) is 16.0 Å². The van der Waals surface area contributed by atoms with Crippen molar-refractivity contribution in [3.8, 4) is 5.75 Å². The molecule has 7 nitrogen and oxygen atoms in total. The molecule has 30 heavy (non-hydrogen) atoms. The van der Waals surface area contributed by atoms with Gasteiger partial charge in [-0.1, -0.05) is 54.5 Å². The number of hydrogen-bond donors (Lipinski definition) is 1. The second-order valence-electron chi connectivity index (χ2n) is 6.53. The Hall–Kier alpha value is -3.61. The SMILES string of the molecule is CCOc1ccccc1NC(=O)C(OC(=O)c1c(CC)noc1C)c1ccccc1. The smallest absolute Gasteiger partial charge is 0.344 e. The number of amides is 1. The van der Waals surface area contributed by atoms with Crippen LogP contribution in [-0.4, -0.2) is 23.6 Å². The summed E-state index contributed by atoms with van der Waals surface area (Å²) in [5.41, 5.74) is 1.79. The maximum absolute atomic E-state index is 13.1. The van der Waals surface area contributed by atoms with Gasteiger partial charge in [-0.15, -0.1) is 0 Å². The minimum absolute atomic E-state index is 0.251. The van der Waals surface area contributed by atoms with E-state index in [1.54, 1.807) is 49.4 Å². The predicted molar refractivity (Wildman–Crippen MR) is 111 cm³/mol. The van der Waals surface area contributed by atoms with E-state index in [2.05, 4.69) is 10.5 Å². The molecule has 1 unspecified atom stereocenters. The Morgan fingerprint density at radius 1 is 1.07 bits per heavy atom. The molecule has 0 radical (unpaired) electrons. The van der Waals surface area contributed by atoms with Crippen molar-refractivity contribution in [2.45, 2.75) is 33.3 Å². The standard InChI is InChI=1S/C23H24N2O5/c1-4-17-20(15(3)30-25-17)23(27)29-21(16-11-7-6-8-12-16)22(26)24-18-13-9-10-14-19(18)28-5-2/h6-14,21H,4-5H2,1-3H3,(H,24,26). The van der Waals surface area contributed by atoms with Crippen molar-refractivity contribution in [1.29, 1.82) is 0 Å². The van der Waals surface area contributed by atoms with Crippen molar-refractivity contribution in [2.24, 2.45) is 0 Å². The van der Waals surface area contributed by atoms with E-state index < -0.39 is 18.0 Å². The van der Waals surface area contributed by atoms with E-state index in [-0.39, 0.29) is 5.56 Å². The first-order chi connectivity index (χ1) is 14.5. The second-order valence-corrected chi connectivity index (χ2v) is 6.53. The minimum atomic E-state index is -1.16. The van der Waals surface area contributed by atoms with Gasteiger partial charge in [0.05, 0.1) is 18.0 Å². The van der Waals surface area contributed by atoms with Gasteiger partial charge in [0, 0.05) is 5.56 Å². The van der Waals surface area contributed by atoms with E-state index in [0.29, 0.717) is 41.5 Å². The van der Waals surface area contributed by atoms with Gasteiger partial charge in [-0.25, -0.2) is 4.79 Å². The van der Waals surface area contributed by atoms with E-state index in [9.17, 15) is 9.59 Å². The van der Waals surface area contributed by atoms with Gasteiger partial charge in [0.1, 0.15) is 17.1 Å². The monoisotopic (exact) mass is 408 g/mol. The highest BCUT2D eigenvalue weighted by Gasteiger charge is 2.29. The number of aromatic nitrogens is 1. The summed E-state index contributed by atoms with van der Waals surface area (Å²) in [6.07, 6.45) is -0.654. The van der Waals surface area contributed by atoms with E-state index in [1.165, 1.54) is 0 Å². The molecule has 1 amide bonds. The summed E-state index contributed by atoms with van der Waals surface area (Å²) in [6, 6.07) is 15.9. The number of para-hydroxylation sites is 2. The molecule has 0 aliphatic rings. The van der Waals surface area contributed by atoms with Crippen LogP contribution < -0.4 is 10.1 Å². The number of carbonyl (C=O) groups is 2. The molecule has 3 rings (SSSR count). The molecule has 0 aliphatic heterocycles. The Labute approximate surface area is 175 Å². The van der Waals surface area contributed by atoms with E-state index in [1.807, 2.05) is 26.0 Å². The molecule has 0 spiro atoms. The summed E-state index contributed by atoms with van der Waals surface area (Å²) in [6.45, 7) is 5.81. The molecular weight excluding hydrogens is 384 g/mol. The Bertz CT molecular complexity index is 1010. The summed E-state index contributed by atoms with van der Waals surface area (Å²) >= 11 is 0. The van der Waals surface area contributed by atoms with Gasteiger partial charge in [0.25, 0.3) is 5.91 Å². The van der Waals surface area contributed by atoms with Crippen molar-refractivity contribution in [3.05, 3.63) is 77.2 Å². The van der Waals surface area contributed by atoms with Crippen molar-refractivity contribution >= 4 is 17.6 Å². The number of carbonyl (C=O) groups excluding carboxylic acids is 2. The molecular formula is C23H24N2O5. The number of hydrogen-bond acceptors (Lipinski definition) is 6. The average molecular weight is 408 g/mol. The van der Waals surface area contributed by atoms with Crippen LogP contribution in [0.5, 0.6) is 5.75 Å². The molecule has 1 heterocycles. The third-order valence-electron chi connectivity index (χ3n) is 4.48. The normalized spacial score (nSPS) is 11.6. The molecule has 2 aromatic carbocycles. The van der Waals surface area contributed by atoms with Crippen molar-refractivity contribution in [3.63, 3.8) is 0 Å². The molecule has 0 bridgehead atoms. The Balaban J connectivity index is 1.89. The van der Waals surface area contributed by atoms with Crippen LogP contribution in [0, 0.1) is 6.92 Å². The third-order valence-corrected chi connectivity index (χ3v) is 4.48. The highest BCUT2D eigenvalue weighted by Crippen LogP contribution is 2.28. The van der Waals surface area contributed by atoms with Crippen LogP contribution >= 0.6 is 0 Å². The first kappa shape index (κ1) is 21.1. The largest absolute Gasteiger partial charge is 0.492 e. The fourth-order valence-corrected chi connectivity index (χ4v) is 3.04. The zero-order valence-electron chi connectivity index (χ0n) is 17.2. The zero-order chi connectivity index (χ0) is 21.5. The highest BCUT2D eigenvalue weighted by molar-refractivity contribution is 5.99. The lowest BCUT2D eigenvalue weighted by Crippen LogP contribution is -2.26. The summed E-state index contributed by atoms with van der Waals surface area (Å²) < 4.78 is 16.3. The van der Waals surface area contributed by atoms with Gasteiger partial charge >= 0.3 is 5.97 Å². The highest BCUT2D eigenvalue weighted by atomic mass is 16.6. The molecule has 3 aromatic rings. The quantitative estimate of drug-likeness (QED) is 0.553. The van der Waals surface area contributed by atoms with E-state index in [0.717, 1.165) is 0 Å². The van der Waals surface area contributed by atoms with Crippen LogP contribution in [0.25, 0.3) is 0 Å². The van der Waals surface area contributed by atoms with Crippen molar-refractivity contribution < 1.29 is 23.6 Å². The number of esters is 1. The number of nitrogens with zero attached hydrogens (tertiary/aromatic N) is 1. The second kappa shape index (κ2) is 9.73. The van der Waals surface area contributed by atoms with Gasteiger partial charge in [0.2, 0.25) is 6.10 Å². The number of aryl methyl sites for hydroxylation is 2. The van der Waals surface area contributed by atoms with Crippen LogP contribution in [0.15, 0.2) is 59.1 Å². The van der Waals surface area contributed by atoms with Crippen LogP contribution in [0.2, 0.25) is 0 Å². The summed E-state index contributed by atoms with van der Waals surface area (Å²) in [5.74, 6) is -0.262. The number of ether oxygens (including phenoxy) is 2. The van der Waals surface area contributed by atoms with Crippen molar-refractivity contribution in [2.75, 3.05) is 11.9 Å². The molecule has 1 aromatic heterocycles. The van der Waals surface area contributed by atoms with E-state index in [4.69, 9.17) is 14.0 Å². The fourth-order valence-electron chi connectivity index (χ4n) is 3.04. The lowest BCUT2D eigenvalue weighted by atomic mass is 10.1. The fraction of sp³-hybridized carbons (Fsp3) is 0.261. The van der Waals surface area contributed by atoms with Crippen LogP contribution in [0.4, 0.5) is 5.69 Å². The van der Waals surface area contributed by atoms with Crippen LogP contribution in [0.1, 0.15) is 47.3 Å². The predicted octanol–water partition coefficient (Wildman–Crippen LogP) is 4.48. The Morgan fingerprint density at radius 3 is 2.47 bits per heavy atom. The molecule has 0 saturated carbocycles.